The fraction of sp³-hybridized carbons (Fsp3) is 0.300. The molecule has 0 saturated carbocycles. The number of aromatic nitrogens is 2. The molecule has 0 aliphatic carbocycles. The molecule has 0 radical (unpaired) electrons. The molecule has 0 atom stereocenters. The Balaban J connectivity index is 1.88. The van der Waals surface area contributed by atoms with Crippen molar-refractivity contribution in [3.8, 4) is 0 Å². The van der Waals surface area contributed by atoms with E-state index in [1.165, 1.54) is 18.3 Å². The largest absolute Gasteiger partial charge is 0.339 e. The van der Waals surface area contributed by atoms with E-state index in [-0.39, 0.29) is 12.5 Å². The third kappa shape index (κ3) is 5.17. The third-order valence-electron chi connectivity index (χ3n) is 4.25. The summed E-state index contributed by atoms with van der Waals surface area (Å²) >= 11 is 7.02. The normalized spacial score (nSPS) is 11.2. The highest BCUT2D eigenvalue weighted by atomic mass is 35.5. The van der Waals surface area contributed by atoms with Gasteiger partial charge < -0.3 is 4.57 Å². The van der Waals surface area contributed by atoms with E-state index in [4.69, 9.17) is 11.6 Å². The molecule has 3 aromatic rings. The lowest BCUT2D eigenvalue weighted by molar-refractivity contribution is 0.101. The third-order valence-corrected chi connectivity index (χ3v) is 5.28. The molecule has 0 aliphatic heterocycles. The molecule has 28 heavy (non-hydrogen) atoms. The molecule has 0 aliphatic rings. The Labute approximate surface area is 171 Å². The number of aryl methyl sites for hydroxylation is 1. The lowest BCUT2D eigenvalue weighted by Gasteiger charge is -2.10. The number of nitrogens with one attached hydrogen (secondary N) is 1. The lowest BCUT2D eigenvalue weighted by atomic mass is 10.0. The minimum atomic E-state index is -0.643. The van der Waals surface area contributed by atoms with Gasteiger partial charge in [-0.15, -0.1) is 0 Å². The minimum Gasteiger partial charge on any atom is -0.339 e. The number of carbonyl (C=O) groups excluding carboxylic acids is 1. The van der Waals surface area contributed by atoms with Gasteiger partial charge in [0.05, 0.1) is 12.7 Å². The van der Waals surface area contributed by atoms with E-state index in [0.29, 0.717) is 26.6 Å². The fourth-order valence-electron chi connectivity index (χ4n) is 2.79. The number of halogens is 3. The van der Waals surface area contributed by atoms with Crippen LogP contribution in [0.1, 0.15) is 41.9 Å². The van der Waals surface area contributed by atoms with E-state index in [1.807, 2.05) is 6.20 Å². The van der Waals surface area contributed by atoms with Gasteiger partial charge in [-0.05, 0) is 36.5 Å². The summed E-state index contributed by atoms with van der Waals surface area (Å²) in [4.78, 5) is 16.8. The van der Waals surface area contributed by atoms with Gasteiger partial charge in [0.15, 0.2) is 5.13 Å². The molecule has 0 spiro atoms. The molecule has 0 saturated heterocycles. The Kier molecular flexibility index (Phi) is 6.46. The molecule has 0 unspecified atom stereocenters. The highest BCUT2D eigenvalue weighted by Crippen LogP contribution is 2.24. The second-order valence-electron chi connectivity index (χ2n) is 6.95. The van der Waals surface area contributed by atoms with Crippen molar-refractivity contribution in [2.45, 2.75) is 33.2 Å². The zero-order chi connectivity index (χ0) is 20.3. The monoisotopic (exact) mass is 423 g/mol. The van der Waals surface area contributed by atoms with Crippen LogP contribution in [-0.2, 0) is 13.0 Å². The van der Waals surface area contributed by atoms with Crippen molar-refractivity contribution < 1.29 is 13.6 Å². The van der Waals surface area contributed by atoms with Gasteiger partial charge >= 0.3 is 0 Å². The van der Waals surface area contributed by atoms with Crippen molar-refractivity contribution in [1.82, 2.24) is 9.55 Å². The van der Waals surface area contributed by atoms with E-state index in [2.05, 4.69) is 24.1 Å². The maximum Gasteiger partial charge on any atom is 0.274 e. The standard InChI is InChI=1S/C20H20ClF2N3OS/c1-12(2)3-4-13-7-17(19(27)25-20-24-9-18(21)28-20)26(10-13)11-14-5-6-15(22)8-16(14)23/h5-10,12H,3-4,11H2,1-2H3,(H,24,25,27). The van der Waals surface area contributed by atoms with Crippen molar-refractivity contribution in [3.05, 3.63) is 69.5 Å². The molecule has 0 fully saturated rings. The predicted octanol–water partition coefficient (Wildman–Crippen LogP) is 5.77. The molecule has 8 heteroatoms. The molecule has 1 N–H and O–H groups in total. The second-order valence-corrected chi connectivity index (χ2v) is 8.62. The van der Waals surface area contributed by atoms with E-state index in [0.717, 1.165) is 35.8 Å². The lowest BCUT2D eigenvalue weighted by Crippen LogP contribution is -2.17. The zero-order valence-electron chi connectivity index (χ0n) is 15.5. The molecule has 148 valence electrons. The second kappa shape index (κ2) is 8.84. The maximum atomic E-state index is 14.1. The number of rotatable bonds is 7. The van der Waals surface area contributed by atoms with Gasteiger partial charge in [-0.25, -0.2) is 13.8 Å². The Morgan fingerprint density at radius 1 is 1.32 bits per heavy atom. The smallest absolute Gasteiger partial charge is 0.274 e. The van der Waals surface area contributed by atoms with Crippen LogP contribution in [0.15, 0.2) is 36.7 Å². The van der Waals surface area contributed by atoms with E-state index in [9.17, 15) is 13.6 Å². The van der Waals surface area contributed by atoms with Gasteiger partial charge in [0, 0.05) is 17.8 Å². The minimum absolute atomic E-state index is 0.120. The summed E-state index contributed by atoms with van der Waals surface area (Å²) in [5, 5.41) is 3.10. The molecular formula is C20H20ClF2N3OS. The van der Waals surface area contributed by atoms with Gasteiger partial charge in [-0.1, -0.05) is 42.9 Å². The first-order chi connectivity index (χ1) is 13.3. The SMILES string of the molecule is CC(C)CCc1cc(C(=O)Nc2ncc(Cl)s2)n(Cc2ccc(F)cc2F)c1. The Bertz CT molecular complexity index is 984. The summed E-state index contributed by atoms with van der Waals surface area (Å²) < 4.78 is 29.4. The van der Waals surface area contributed by atoms with Gasteiger partial charge in [0.1, 0.15) is 21.7 Å². The molecule has 2 aromatic heterocycles. The molecule has 0 bridgehead atoms. The molecule has 3 rings (SSSR count). The predicted molar refractivity (Wildman–Crippen MR) is 108 cm³/mol. The Morgan fingerprint density at radius 2 is 2.11 bits per heavy atom. The number of hydrogen-bond acceptors (Lipinski definition) is 3. The van der Waals surface area contributed by atoms with Crippen molar-refractivity contribution >= 4 is 34.0 Å². The van der Waals surface area contributed by atoms with Crippen molar-refractivity contribution in [2.24, 2.45) is 5.92 Å². The summed E-state index contributed by atoms with van der Waals surface area (Å²) in [6.45, 7) is 4.38. The number of nitrogens with zero attached hydrogens (tertiary/aromatic N) is 2. The van der Waals surface area contributed by atoms with Crippen LogP contribution in [0.2, 0.25) is 4.34 Å². The molecule has 2 heterocycles. The average Bonchev–Trinajstić information content (AvgIpc) is 3.21. The number of anilines is 1. The van der Waals surface area contributed by atoms with Gasteiger partial charge in [0.25, 0.3) is 5.91 Å². The van der Waals surface area contributed by atoms with Crippen LogP contribution in [0.3, 0.4) is 0 Å². The van der Waals surface area contributed by atoms with Crippen LogP contribution in [0.5, 0.6) is 0 Å². The number of hydrogen-bond donors (Lipinski definition) is 1. The summed E-state index contributed by atoms with van der Waals surface area (Å²) in [6.07, 6.45) is 5.08. The topological polar surface area (TPSA) is 46.9 Å². The first-order valence-corrected chi connectivity index (χ1v) is 10.1. The summed E-state index contributed by atoms with van der Waals surface area (Å²) in [7, 11) is 0. The highest BCUT2D eigenvalue weighted by Gasteiger charge is 2.17. The first-order valence-electron chi connectivity index (χ1n) is 8.87. The summed E-state index contributed by atoms with van der Waals surface area (Å²) in [5.74, 6) is -1.11. The summed E-state index contributed by atoms with van der Waals surface area (Å²) in [6, 6.07) is 5.24. The van der Waals surface area contributed by atoms with Gasteiger partial charge in [0.2, 0.25) is 0 Å². The van der Waals surface area contributed by atoms with Crippen LogP contribution < -0.4 is 5.32 Å². The number of benzene rings is 1. The molecule has 1 aromatic carbocycles. The average molecular weight is 424 g/mol. The van der Waals surface area contributed by atoms with Crippen molar-refractivity contribution in [1.29, 1.82) is 0 Å². The summed E-state index contributed by atoms with van der Waals surface area (Å²) in [5.41, 5.74) is 1.67. The quantitative estimate of drug-likeness (QED) is 0.524. The van der Waals surface area contributed by atoms with Gasteiger partial charge in [-0.3, -0.25) is 10.1 Å². The van der Waals surface area contributed by atoms with Crippen molar-refractivity contribution in [3.63, 3.8) is 0 Å². The highest BCUT2D eigenvalue weighted by molar-refractivity contribution is 7.19. The van der Waals surface area contributed by atoms with E-state index in [1.54, 1.807) is 10.6 Å². The molecular weight excluding hydrogens is 404 g/mol. The van der Waals surface area contributed by atoms with Crippen LogP contribution >= 0.6 is 22.9 Å². The number of thiazole rings is 1. The van der Waals surface area contributed by atoms with Crippen LogP contribution in [0.4, 0.5) is 13.9 Å². The van der Waals surface area contributed by atoms with Crippen LogP contribution in [-0.4, -0.2) is 15.5 Å². The Hall–Kier alpha value is -2.25. The van der Waals surface area contributed by atoms with E-state index >= 15 is 0 Å². The maximum absolute atomic E-state index is 14.1. The number of amides is 1. The zero-order valence-corrected chi connectivity index (χ0v) is 17.1. The van der Waals surface area contributed by atoms with Crippen LogP contribution in [0.25, 0.3) is 0 Å². The van der Waals surface area contributed by atoms with Crippen LogP contribution in [0, 0.1) is 17.6 Å². The van der Waals surface area contributed by atoms with Crippen molar-refractivity contribution in [2.75, 3.05) is 5.32 Å². The number of carbonyl (C=O) groups is 1. The van der Waals surface area contributed by atoms with Gasteiger partial charge in [-0.2, -0.15) is 0 Å². The first kappa shape index (κ1) is 20.5. The molecule has 4 nitrogen and oxygen atoms in total. The Morgan fingerprint density at radius 3 is 2.75 bits per heavy atom. The fourth-order valence-corrected chi connectivity index (χ4v) is 3.60. The van der Waals surface area contributed by atoms with E-state index < -0.39 is 11.6 Å². The molecule has 1 amide bonds.